The number of rotatable bonds is 10. The molecular formula is C23H26FN6O9P. The lowest BCUT2D eigenvalue weighted by atomic mass is 10.1. The molecule has 214 valence electrons. The first-order valence-electron chi connectivity index (χ1n) is 15.2. The topological polar surface area (TPSA) is 187 Å². The van der Waals surface area contributed by atoms with Crippen molar-refractivity contribution in [1.82, 2.24) is 15.0 Å². The summed E-state index contributed by atoms with van der Waals surface area (Å²) in [4.78, 5) is 43.8. The summed E-state index contributed by atoms with van der Waals surface area (Å²) in [5, 5.41) is 4.94. The van der Waals surface area contributed by atoms with Crippen LogP contribution in [0.4, 0.5) is 33.5 Å². The highest BCUT2D eigenvalue weighted by atomic mass is 31.2. The number of amides is 1. The van der Waals surface area contributed by atoms with E-state index < -0.39 is 93.0 Å². The van der Waals surface area contributed by atoms with E-state index in [9.17, 15) is 19.1 Å². The van der Waals surface area contributed by atoms with Crippen molar-refractivity contribution >= 4 is 42.8 Å². The molecule has 0 saturated heterocycles. The normalized spacial score (nSPS) is 18.1. The Balaban J connectivity index is 1.79. The molecule has 1 amide bonds. The number of methoxy groups -OCH3 is 3. The minimum absolute atomic E-state index is 0.0646. The molecule has 0 aliphatic carbocycles. The number of pyridine rings is 1. The van der Waals surface area contributed by atoms with Crippen molar-refractivity contribution in [3.63, 3.8) is 0 Å². The zero-order chi connectivity index (χ0) is 36.9. The van der Waals surface area contributed by atoms with Crippen LogP contribution in [0.25, 0.3) is 0 Å². The van der Waals surface area contributed by atoms with Gasteiger partial charge in [0.15, 0.2) is 40.3 Å². The number of benzene rings is 1. The number of phosphoric ester groups is 1. The molecule has 0 unspecified atom stereocenters. The number of halogens is 1. The fourth-order valence-electron chi connectivity index (χ4n) is 3.24. The van der Waals surface area contributed by atoms with Gasteiger partial charge in [-0.15, -0.1) is 0 Å². The van der Waals surface area contributed by atoms with Gasteiger partial charge in [0.25, 0.3) is 5.91 Å². The number of hydrogen-bond donors (Lipinski definition) is 4. The Kier molecular flexibility index (Phi) is 5.25. The summed E-state index contributed by atoms with van der Waals surface area (Å²) in [5.41, 5.74) is -3.84. The van der Waals surface area contributed by atoms with Crippen molar-refractivity contribution in [1.29, 1.82) is 0 Å². The zero-order valence-electron chi connectivity index (χ0n) is 29.7. The fourth-order valence-corrected chi connectivity index (χ4v) is 3.51. The second-order valence-corrected chi connectivity index (χ2v) is 8.82. The SMILES string of the molecule is [2H]c1nc(Nc2c([2H])c(OC)c(OC)c(OC)c2[2H])nc(Nc2ccc3c(n2)N(COP(=O)(O)O)C(=O)C(C([2H])([2H])[2H])(C([2H])([2H])[2H])O3)c1F. The van der Waals surface area contributed by atoms with E-state index >= 15 is 4.39 Å². The molecule has 1 aliphatic rings. The lowest BCUT2D eigenvalue weighted by Gasteiger charge is -2.37. The zero-order valence-corrected chi connectivity index (χ0v) is 21.6. The van der Waals surface area contributed by atoms with Crippen LogP contribution in [0.1, 0.15) is 26.0 Å². The number of carbonyl (C=O) groups is 1. The van der Waals surface area contributed by atoms with Gasteiger partial charge in [-0.3, -0.25) is 14.2 Å². The molecule has 17 heteroatoms. The number of hydrogen-bond acceptors (Lipinski definition) is 12. The first-order valence-corrected chi connectivity index (χ1v) is 12.2. The highest BCUT2D eigenvalue weighted by Gasteiger charge is 2.42. The summed E-state index contributed by atoms with van der Waals surface area (Å²) < 4.78 is 124. The number of nitrogens with zero attached hydrogens (tertiary/aromatic N) is 4. The van der Waals surface area contributed by atoms with E-state index in [1.54, 1.807) is 0 Å². The van der Waals surface area contributed by atoms with Gasteiger partial charge in [-0.25, -0.2) is 18.9 Å². The van der Waals surface area contributed by atoms with Crippen LogP contribution in [0.3, 0.4) is 0 Å². The maximum atomic E-state index is 15.1. The molecule has 15 nitrogen and oxygen atoms in total. The molecule has 4 rings (SSSR count). The highest BCUT2D eigenvalue weighted by Crippen LogP contribution is 2.42. The lowest BCUT2D eigenvalue weighted by Crippen LogP contribution is -2.53. The molecule has 0 radical (unpaired) electrons. The van der Waals surface area contributed by atoms with Crippen molar-refractivity contribution < 1.29 is 59.3 Å². The maximum absolute atomic E-state index is 15.1. The summed E-state index contributed by atoms with van der Waals surface area (Å²) in [6, 6.07) is 1.12. The summed E-state index contributed by atoms with van der Waals surface area (Å²) in [5.74, 6) is -6.50. The van der Waals surface area contributed by atoms with Gasteiger partial charge in [-0.05, 0) is 25.8 Å². The van der Waals surface area contributed by atoms with E-state index in [2.05, 4.69) is 30.1 Å². The van der Waals surface area contributed by atoms with Crippen LogP contribution in [0, 0.1) is 5.82 Å². The number of phosphoric acid groups is 1. The third-order valence-electron chi connectivity index (χ3n) is 4.93. The monoisotopic (exact) mass is 589 g/mol. The van der Waals surface area contributed by atoms with Gasteiger partial charge in [0.1, 0.15) is 12.5 Å². The minimum Gasteiger partial charge on any atom is -0.493 e. The molecule has 40 heavy (non-hydrogen) atoms. The molecule has 1 aromatic carbocycles. The van der Waals surface area contributed by atoms with Crippen molar-refractivity contribution in [2.45, 2.75) is 19.3 Å². The van der Waals surface area contributed by atoms with Crippen molar-refractivity contribution in [3.8, 4) is 23.0 Å². The average Bonchev–Trinajstić information content (AvgIpc) is 2.99. The van der Waals surface area contributed by atoms with E-state index in [-0.39, 0.29) is 27.8 Å². The van der Waals surface area contributed by atoms with Gasteiger partial charge in [-0.2, -0.15) is 4.98 Å². The molecular weight excluding hydrogens is 554 g/mol. The average molecular weight is 590 g/mol. The van der Waals surface area contributed by atoms with Gasteiger partial charge in [0, 0.05) is 26.0 Å². The quantitative estimate of drug-likeness (QED) is 0.253. The fraction of sp³-hybridized carbons (Fsp3) is 0.304. The van der Waals surface area contributed by atoms with Crippen LogP contribution in [0.5, 0.6) is 23.0 Å². The summed E-state index contributed by atoms with van der Waals surface area (Å²) >= 11 is 0. The van der Waals surface area contributed by atoms with Gasteiger partial charge in [0.05, 0.1) is 31.6 Å². The highest BCUT2D eigenvalue weighted by molar-refractivity contribution is 7.46. The van der Waals surface area contributed by atoms with E-state index in [1.165, 1.54) is 21.3 Å². The van der Waals surface area contributed by atoms with Crippen LogP contribution in [0.2, 0.25) is 0 Å². The summed E-state index contributed by atoms with van der Waals surface area (Å²) in [6.07, 6.45) is -0.987. The molecule has 0 saturated carbocycles. The Morgan fingerprint density at radius 1 is 1.15 bits per heavy atom. The van der Waals surface area contributed by atoms with Crippen LogP contribution >= 0.6 is 7.82 Å². The number of nitrogens with one attached hydrogen (secondary N) is 2. The second kappa shape index (κ2) is 11.1. The third kappa shape index (κ3) is 6.15. The largest absolute Gasteiger partial charge is 0.493 e. The second-order valence-electron chi connectivity index (χ2n) is 7.58. The molecule has 3 heterocycles. The summed E-state index contributed by atoms with van der Waals surface area (Å²) in [6.45, 7) is -8.70. The Bertz CT molecular complexity index is 1800. The maximum Gasteiger partial charge on any atom is 0.471 e. The van der Waals surface area contributed by atoms with Gasteiger partial charge in [-0.1, -0.05) is 0 Å². The van der Waals surface area contributed by atoms with Crippen LogP contribution < -0.4 is 34.5 Å². The lowest BCUT2D eigenvalue weighted by molar-refractivity contribution is -0.133. The molecule has 3 aromatic rings. The van der Waals surface area contributed by atoms with Gasteiger partial charge in [0.2, 0.25) is 11.7 Å². The van der Waals surface area contributed by atoms with Crippen LogP contribution in [-0.4, -0.2) is 64.3 Å². The first kappa shape index (κ1) is 18.9. The molecule has 0 atom stereocenters. The summed E-state index contributed by atoms with van der Waals surface area (Å²) in [7, 11) is -1.61. The standard InChI is InChI=1S/C23H26FN6O9P/c1-23(2)21(31)30(11-38-40(32,33)34)20-14(39-23)6-7-17(28-20)27-19-13(24)10-25-22(29-19)26-12-8-15(35-3)18(37-5)16(9-12)36-4/h6-10H,11H2,1-5H3,(H2,32,33,34)(H2,25,26,27,28,29)/i1D3,2D3,8D,9D,10D. The number of fused-ring (bicyclic) bond motifs is 1. The molecule has 0 spiro atoms. The molecule has 0 fully saturated rings. The number of ether oxygens (including phenoxy) is 4. The molecule has 0 bridgehead atoms. The Morgan fingerprint density at radius 2 is 1.85 bits per heavy atom. The van der Waals surface area contributed by atoms with Crippen molar-refractivity contribution in [2.24, 2.45) is 0 Å². The van der Waals surface area contributed by atoms with E-state index in [0.29, 0.717) is 0 Å². The van der Waals surface area contributed by atoms with Crippen molar-refractivity contribution in [2.75, 3.05) is 43.6 Å². The molecule has 4 N–H and O–H groups in total. The first-order chi connectivity index (χ1) is 22.6. The Hall–Kier alpha value is -4.24. The number of carbonyl (C=O) groups excluding carboxylic acids is 1. The van der Waals surface area contributed by atoms with Gasteiger partial charge >= 0.3 is 7.82 Å². The Labute approximate surface area is 240 Å². The smallest absolute Gasteiger partial charge is 0.471 e. The predicted molar refractivity (Wildman–Crippen MR) is 139 cm³/mol. The van der Waals surface area contributed by atoms with E-state index in [1.807, 2.05) is 0 Å². The number of aromatic nitrogens is 3. The van der Waals surface area contributed by atoms with Crippen molar-refractivity contribution in [3.05, 3.63) is 36.2 Å². The molecule has 2 aromatic heterocycles. The van der Waals surface area contributed by atoms with Crippen LogP contribution in [-0.2, 0) is 13.9 Å². The van der Waals surface area contributed by atoms with E-state index in [0.717, 1.165) is 12.1 Å². The van der Waals surface area contributed by atoms with Crippen LogP contribution in [0.15, 0.2) is 30.4 Å². The third-order valence-corrected chi connectivity index (χ3v) is 5.38. The van der Waals surface area contributed by atoms with E-state index in [4.69, 9.17) is 31.3 Å². The number of anilines is 5. The minimum atomic E-state index is -5.33. The Morgan fingerprint density at radius 3 is 2.45 bits per heavy atom. The van der Waals surface area contributed by atoms with Gasteiger partial charge < -0.3 is 39.4 Å². The predicted octanol–water partition coefficient (Wildman–Crippen LogP) is 3.09. The molecule has 1 aliphatic heterocycles.